The molecule has 0 bridgehead atoms. The first-order valence-electron chi connectivity index (χ1n) is 5.08. The van der Waals surface area contributed by atoms with E-state index in [2.05, 4.69) is 0 Å². The molecule has 0 saturated carbocycles. The Labute approximate surface area is 99.0 Å². The Balaban J connectivity index is 2.93. The molecular weight excluding hydrogens is 231 g/mol. The van der Waals surface area contributed by atoms with E-state index in [0.717, 1.165) is 0 Å². The number of halogens is 2. The van der Waals surface area contributed by atoms with Gasteiger partial charge in [0, 0.05) is 5.02 Å². The van der Waals surface area contributed by atoms with E-state index in [1.807, 2.05) is 0 Å². The molecule has 0 aliphatic heterocycles. The maximum absolute atomic E-state index is 13.4. The maximum Gasteiger partial charge on any atom is 0.307 e. The van der Waals surface area contributed by atoms with Crippen LogP contribution in [-0.4, -0.2) is 11.1 Å². The van der Waals surface area contributed by atoms with E-state index in [4.69, 9.17) is 16.7 Å². The van der Waals surface area contributed by atoms with Crippen molar-refractivity contribution in [2.45, 2.75) is 20.3 Å². The molecule has 0 aliphatic carbocycles. The fraction of sp³-hybridized carbons (Fsp3) is 0.417. The number of benzene rings is 1. The third-order valence-corrected chi connectivity index (χ3v) is 2.80. The standard InChI is InChI=1S/C12H14ClFO2/c1-7(2)10(12(15)16)6-8-5-9(13)3-4-11(8)14/h3-5,7,10H,6H2,1-2H3,(H,15,16). The lowest BCUT2D eigenvalue weighted by molar-refractivity contribution is -0.143. The number of carbonyl (C=O) groups is 1. The Morgan fingerprint density at radius 2 is 2.12 bits per heavy atom. The van der Waals surface area contributed by atoms with Crippen molar-refractivity contribution in [2.75, 3.05) is 0 Å². The van der Waals surface area contributed by atoms with E-state index in [0.29, 0.717) is 10.6 Å². The van der Waals surface area contributed by atoms with E-state index >= 15 is 0 Å². The number of carboxylic acids is 1. The monoisotopic (exact) mass is 244 g/mol. The quantitative estimate of drug-likeness (QED) is 0.882. The van der Waals surface area contributed by atoms with Gasteiger partial charge in [0.05, 0.1) is 5.92 Å². The summed E-state index contributed by atoms with van der Waals surface area (Å²) in [6.45, 7) is 3.61. The molecule has 1 atom stereocenters. The summed E-state index contributed by atoms with van der Waals surface area (Å²) in [5, 5.41) is 9.43. The Morgan fingerprint density at radius 3 is 2.62 bits per heavy atom. The van der Waals surface area contributed by atoms with Crippen LogP contribution in [0.5, 0.6) is 0 Å². The molecule has 0 fully saturated rings. The highest BCUT2D eigenvalue weighted by Gasteiger charge is 2.23. The first-order valence-corrected chi connectivity index (χ1v) is 5.46. The molecule has 1 unspecified atom stereocenters. The van der Waals surface area contributed by atoms with Crippen LogP contribution in [0.25, 0.3) is 0 Å². The van der Waals surface area contributed by atoms with Crippen molar-refractivity contribution in [3.05, 3.63) is 34.6 Å². The largest absolute Gasteiger partial charge is 0.481 e. The third-order valence-electron chi connectivity index (χ3n) is 2.57. The summed E-state index contributed by atoms with van der Waals surface area (Å²) in [7, 11) is 0. The molecule has 0 heterocycles. The highest BCUT2D eigenvalue weighted by molar-refractivity contribution is 6.30. The van der Waals surface area contributed by atoms with Gasteiger partial charge in [0.1, 0.15) is 5.82 Å². The molecule has 0 aliphatic rings. The molecule has 88 valence electrons. The molecule has 0 amide bonds. The predicted molar refractivity (Wildman–Crippen MR) is 61.1 cm³/mol. The number of aliphatic carboxylic acids is 1. The lowest BCUT2D eigenvalue weighted by atomic mass is 9.89. The number of rotatable bonds is 4. The lowest BCUT2D eigenvalue weighted by Gasteiger charge is -2.16. The van der Waals surface area contributed by atoms with E-state index in [1.54, 1.807) is 13.8 Å². The fourth-order valence-corrected chi connectivity index (χ4v) is 1.74. The smallest absolute Gasteiger partial charge is 0.307 e. The second kappa shape index (κ2) is 5.30. The fourth-order valence-electron chi connectivity index (χ4n) is 1.54. The van der Waals surface area contributed by atoms with Crippen molar-refractivity contribution in [3.8, 4) is 0 Å². The molecule has 1 aromatic carbocycles. The van der Waals surface area contributed by atoms with Crippen LogP contribution in [0.1, 0.15) is 19.4 Å². The van der Waals surface area contributed by atoms with Gasteiger partial charge in [-0.1, -0.05) is 25.4 Å². The average molecular weight is 245 g/mol. The Morgan fingerprint density at radius 1 is 1.50 bits per heavy atom. The summed E-state index contributed by atoms with van der Waals surface area (Å²) >= 11 is 5.75. The van der Waals surface area contributed by atoms with Gasteiger partial charge < -0.3 is 5.11 Å². The SMILES string of the molecule is CC(C)C(Cc1cc(Cl)ccc1F)C(=O)O. The van der Waals surface area contributed by atoms with Gasteiger partial charge in [-0.15, -0.1) is 0 Å². The van der Waals surface area contributed by atoms with Gasteiger partial charge in [-0.25, -0.2) is 4.39 Å². The van der Waals surface area contributed by atoms with Crippen LogP contribution in [0.4, 0.5) is 4.39 Å². The zero-order chi connectivity index (χ0) is 12.3. The van der Waals surface area contributed by atoms with Crippen LogP contribution in [0, 0.1) is 17.7 Å². The summed E-state index contributed by atoms with van der Waals surface area (Å²) in [6, 6.07) is 4.19. The van der Waals surface area contributed by atoms with Crippen molar-refractivity contribution in [1.82, 2.24) is 0 Å². The topological polar surface area (TPSA) is 37.3 Å². The minimum Gasteiger partial charge on any atom is -0.481 e. The molecule has 0 saturated heterocycles. The van der Waals surface area contributed by atoms with Gasteiger partial charge in [-0.05, 0) is 36.1 Å². The molecule has 1 N–H and O–H groups in total. The van der Waals surface area contributed by atoms with E-state index in [9.17, 15) is 9.18 Å². The molecule has 0 spiro atoms. The zero-order valence-corrected chi connectivity index (χ0v) is 9.96. The highest BCUT2D eigenvalue weighted by atomic mass is 35.5. The molecule has 4 heteroatoms. The summed E-state index contributed by atoms with van der Waals surface area (Å²) in [6.07, 6.45) is 0.166. The van der Waals surface area contributed by atoms with Gasteiger partial charge in [0.25, 0.3) is 0 Å². The average Bonchev–Trinajstić information content (AvgIpc) is 2.18. The maximum atomic E-state index is 13.4. The minimum absolute atomic E-state index is 0.0455. The molecule has 1 aromatic rings. The van der Waals surface area contributed by atoms with Gasteiger partial charge in [0.2, 0.25) is 0 Å². The normalized spacial score (nSPS) is 12.8. The lowest BCUT2D eigenvalue weighted by Crippen LogP contribution is -2.22. The highest BCUT2D eigenvalue weighted by Crippen LogP contribution is 2.22. The summed E-state index contributed by atoms with van der Waals surface area (Å²) < 4.78 is 13.4. The van der Waals surface area contributed by atoms with Crippen LogP contribution in [0.3, 0.4) is 0 Å². The second-order valence-electron chi connectivity index (χ2n) is 4.13. The molecule has 0 aromatic heterocycles. The number of hydrogen-bond donors (Lipinski definition) is 1. The number of hydrogen-bond acceptors (Lipinski definition) is 1. The molecule has 2 nitrogen and oxygen atoms in total. The van der Waals surface area contributed by atoms with Gasteiger partial charge in [-0.2, -0.15) is 0 Å². The van der Waals surface area contributed by atoms with Crippen LogP contribution in [-0.2, 0) is 11.2 Å². The van der Waals surface area contributed by atoms with Gasteiger partial charge in [-0.3, -0.25) is 4.79 Å². The van der Waals surface area contributed by atoms with Gasteiger partial charge >= 0.3 is 5.97 Å². The van der Waals surface area contributed by atoms with Crippen molar-refractivity contribution in [3.63, 3.8) is 0 Å². The summed E-state index contributed by atoms with van der Waals surface area (Å²) in [5.41, 5.74) is 0.355. The van der Waals surface area contributed by atoms with Crippen molar-refractivity contribution in [1.29, 1.82) is 0 Å². The Kier molecular flexibility index (Phi) is 4.30. The Bertz CT molecular complexity index is 391. The molecule has 16 heavy (non-hydrogen) atoms. The third kappa shape index (κ3) is 3.20. The first kappa shape index (κ1) is 13.0. The second-order valence-corrected chi connectivity index (χ2v) is 4.57. The van der Waals surface area contributed by atoms with Gasteiger partial charge in [0.15, 0.2) is 0 Å². The van der Waals surface area contributed by atoms with E-state index in [-0.39, 0.29) is 12.3 Å². The van der Waals surface area contributed by atoms with Crippen molar-refractivity contribution in [2.24, 2.45) is 11.8 Å². The van der Waals surface area contributed by atoms with E-state index in [1.165, 1.54) is 18.2 Å². The molecule has 0 radical (unpaired) electrons. The first-order chi connectivity index (χ1) is 7.41. The molecular formula is C12H14ClFO2. The summed E-state index contributed by atoms with van der Waals surface area (Å²) in [4.78, 5) is 11.0. The van der Waals surface area contributed by atoms with E-state index < -0.39 is 17.7 Å². The Hall–Kier alpha value is -1.09. The van der Waals surface area contributed by atoms with Crippen molar-refractivity contribution < 1.29 is 14.3 Å². The molecule has 1 rings (SSSR count). The van der Waals surface area contributed by atoms with Crippen LogP contribution >= 0.6 is 11.6 Å². The predicted octanol–water partition coefficient (Wildman–Crippen LogP) is 3.38. The van der Waals surface area contributed by atoms with Crippen LogP contribution < -0.4 is 0 Å². The van der Waals surface area contributed by atoms with Crippen LogP contribution in [0.2, 0.25) is 5.02 Å². The summed E-state index contributed by atoms with van der Waals surface area (Å²) in [5.74, 6) is -1.95. The van der Waals surface area contributed by atoms with Crippen LogP contribution in [0.15, 0.2) is 18.2 Å². The minimum atomic E-state index is -0.908. The van der Waals surface area contributed by atoms with Crippen molar-refractivity contribution >= 4 is 17.6 Å². The zero-order valence-electron chi connectivity index (χ0n) is 9.21. The number of carboxylic acid groups (broad SMARTS) is 1.